The molecular weight excluding hydrogens is 358 g/mol. The molecule has 3 rings (SSSR count). The van der Waals surface area contributed by atoms with Crippen molar-refractivity contribution in [3.63, 3.8) is 0 Å². The fourth-order valence-electron chi connectivity index (χ4n) is 3.08. The molecule has 0 unspecified atom stereocenters. The Bertz CT molecular complexity index is 1060. The van der Waals surface area contributed by atoms with Crippen LogP contribution in [0.3, 0.4) is 0 Å². The Hall–Kier alpha value is -3.68. The zero-order chi connectivity index (χ0) is 20.4. The standard InChI is InChI=1S/C20H21N5O3/c1-10(2)13-6-5-11(3)7-14(13)18-15(26)8-12(4)17(19(18)27)20(28)21-9-16-22-24-25-23-16/h5-8,26-27H,1,9H2,2-4H3,(H,21,28)(H,22,23,24,25). The third-order valence-electron chi connectivity index (χ3n) is 4.41. The minimum absolute atomic E-state index is 0.0718. The Kier molecular flexibility index (Phi) is 5.12. The van der Waals surface area contributed by atoms with E-state index in [1.807, 2.05) is 32.0 Å². The number of phenols is 2. The number of carbonyl (C=O) groups excluding carboxylic acids is 1. The second-order valence-corrected chi connectivity index (χ2v) is 6.67. The fraction of sp³-hybridized carbons (Fsp3) is 0.200. The summed E-state index contributed by atoms with van der Waals surface area (Å²) in [5.41, 5.74) is 3.82. The van der Waals surface area contributed by atoms with Crippen molar-refractivity contribution in [3.8, 4) is 22.6 Å². The number of carbonyl (C=O) groups is 1. The molecule has 1 aromatic heterocycles. The van der Waals surface area contributed by atoms with E-state index >= 15 is 0 Å². The molecule has 0 fully saturated rings. The van der Waals surface area contributed by atoms with Crippen LogP contribution in [0.5, 0.6) is 11.5 Å². The predicted molar refractivity (Wildman–Crippen MR) is 105 cm³/mol. The van der Waals surface area contributed by atoms with Crippen LogP contribution in [0.25, 0.3) is 16.7 Å². The number of benzene rings is 2. The van der Waals surface area contributed by atoms with E-state index in [9.17, 15) is 15.0 Å². The molecule has 0 saturated carbocycles. The maximum atomic E-state index is 12.7. The van der Waals surface area contributed by atoms with Crippen LogP contribution in [0.15, 0.2) is 30.8 Å². The number of aromatic amines is 1. The van der Waals surface area contributed by atoms with E-state index in [2.05, 4.69) is 32.5 Å². The van der Waals surface area contributed by atoms with Crippen molar-refractivity contribution in [2.75, 3.05) is 0 Å². The molecule has 0 bridgehead atoms. The molecule has 0 radical (unpaired) electrons. The Morgan fingerprint density at radius 1 is 1.25 bits per heavy atom. The number of aromatic hydroxyl groups is 2. The van der Waals surface area contributed by atoms with Gasteiger partial charge in [-0.2, -0.15) is 0 Å². The molecule has 0 aliphatic rings. The number of phenolic OH excluding ortho intramolecular Hbond substituents is 2. The van der Waals surface area contributed by atoms with Crippen LogP contribution in [-0.4, -0.2) is 36.7 Å². The number of aromatic nitrogens is 4. The number of aryl methyl sites for hydroxylation is 2. The summed E-state index contributed by atoms with van der Waals surface area (Å²) in [4.78, 5) is 12.7. The fourth-order valence-corrected chi connectivity index (χ4v) is 3.08. The van der Waals surface area contributed by atoms with Crippen LogP contribution < -0.4 is 5.32 Å². The van der Waals surface area contributed by atoms with Crippen molar-refractivity contribution in [2.45, 2.75) is 27.3 Å². The van der Waals surface area contributed by atoms with E-state index < -0.39 is 5.91 Å². The van der Waals surface area contributed by atoms with E-state index in [0.717, 1.165) is 16.7 Å². The van der Waals surface area contributed by atoms with Gasteiger partial charge in [0.05, 0.1) is 17.7 Å². The average Bonchev–Trinajstić information content (AvgIpc) is 3.13. The van der Waals surface area contributed by atoms with Crippen LogP contribution in [0, 0.1) is 13.8 Å². The summed E-state index contributed by atoms with van der Waals surface area (Å²) in [5.74, 6) is -0.525. The van der Waals surface area contributed by atoms with Crippen LogP contribution in [-0.2, 0) is 6.54 Å². The minimum Gasteiger partial charge on any atom is -0.507 e. The number of hydrogen-bond acceptors (Lipinski definition) is 6. The lowest BCUT2D eigenvalue weighted by Crippen LogP contribution is -2.24. The van der Waals surface area contributed by atoms with Crippen molar-refractivity contribution in [1.29, 1.82) is 0 Å². The number of nitrogens with zero attached hydrogens (tertiary/aromatic N) is 3. The van der Waals surface area contributed by atoms with Gasteiger partial charge in [0.2, 0.25) is 0 Å². The summed E-state index contributed by atoms with van der Waals surface area (Å²) in [7, 11) is 0. The first-order chi connectivity index (χ1) is 13.3. The third-order valence-corrected chi connectivity index (χ3v) is 4.41. The molecule has 0 atom stereocenters. The van der Waals surface area contributed by atoms with Gasteiger partial charge in [-0.15, -0.1) is 5.10 Å². The summed E-state index contributed by atoms with van der Waals surface area (Å²) >= 11 is 0. The minimum atomic E-state index is -0.503. The number of nitrogens with one attached hydrogen (secondary N) is 2. The molecule has 144 valence electrons. The number of amides is 1. The average molecular weight is 379 g/mol. The topological polar surface area (TPSA) is 124 Å². The normalized spacial score (nSPS) is 10.7. The number of H-pyrrole nitrogens is 1. The molecule has 1 amide bonds. The first-order valence-corrected chi connectivity index (χ1v) is 8.62. The summed E-state index contributed by atoms with van der Waals surface area (Å²) in [5, 5.41) is 37.3. The lowest BCUT2D eigenvalue weighted by molar-refractivity contribution is 0.0946. The molecule has 3 aromatic rings. The van der Waals surface area contributed by atoms with Gasteiger partial charge in [-0.25, -0.2) is 5.10 Å². The highest BCUT2D eigenvalue weighted by molar-refractivity contribution is 6.02. The number of hydrogen-bond donors (Lipinski definition) is 4. The molecule has 8 nitrogen and oxygen atoms in total. The SMILES string of the molecule is C=C(C)c1ccc(C)cc1-c1c(O)cc(C)c(C(=O)NCc2nnn[nH]2)c1O. The van der Waals surface area contributed by atoms with Gasteiger partial charge < -0.3 is 15.5 Å². The van der Waals surface area contributed by atoms with Crippen LogP contribution in [0.2, 0.25) is 0 Å². The monoisotopic (exact) mass is 379 g/mol. The van der Waals surface area contributed by atoms with Crippen LogP contribution in [0.4, 0.5) is 0 Å². The van der Waals surface area contributed by atoms with Gasteiger partial charge in [0.1, 0.15) is 11.5 Å². The molecule has 28 heavy (non-hydrogen) atoms. The molecule has 0 spiro atoms. The van der Waals surface area contributed by atoms with E-state index in [-0.39, 0.29) is 29.2 Å². The molecule has 1 heterocycles. The third kappa shape index (κ3) is 3.57. The molecule has 4 N–H and O–H groups in total. The van der Waals surface area contributed by atoms with Gasteiger partial charge in [-0.05, 0) is 54.0 Å². The second-order valence-electron chi connectivity index (χ2n) is 6.67. The lowest BCUT2D eigenvalue weighted by atomic mass is 9.90. The largest absolute Gasteiger partial charge is 0.507 e. The lowest BCUT2D eigenvalue weighted by Gasteiger charge is -2.17. The quantitative estimate of drug-likeness (QED) is 0.540. The summed E-state index contributed by atoms with van der Waals surface area (Å²) in [6, 6.07) is 7.11. The predicted octanol–water partition coefficient (Wildman–Crippen LogP) is 2.86. The van der Waals surface area contributed by atoms with Crippen molar-refractivity contribution in [3.05, 3.63) is 58.9 Å². The zero-order valence-corrected chi connectivity index (χ0v) is 15.9. The van der Waals surface area contributed by atoms with Gasteiger partial charge in [0, 0.05) is 0 Å². The van der Waals surface area contributed by atoms with Gasteiger partial charge in [-0.1, -0.05) is 35.9 Å². The summed E-state index contributed by atoms with van der Waals surface area (Å²) in [6.45, 7) is 9.44. The smallest absolute Gasteiger partial charge is 0.255 e. The first kappa shape index (κ1) is 19.1. The van der Waals surface area contributed by atoms with E-state index in [1.165, 1.54) is 6.07 Å². The van der Waals surface area contributed by atoms with Crippen LogP contribution >= 0.6 is 0 Å². The zero-order valence-electron chi connectivity index (χ0n) is 15.9. The van der Waals surface area contributed by atoms with Gasteiger partial charge in [0.15, 0.2) is 5.82 Å². The van der Waals surface area contributed by atoms with Crippen LogP contribution in [0.1, 0.15) is 39.8 Å². The molecule has 0 aliphatic heterocycles. The van der Waals surface area contributed by atoms with Crippen molar-refractivity contribution >= 4 is 11.5 Å². The molecular formula is C20H21N5O3. The molecule has 8 heteroatoms. The highest BCUT2D eigenvalue weighted by Crippen LogP contribution is 2.44. The Labute approximate surface area is 161 Å². The summed E-state index contributed by atoms with van der Waals surface area (Å²) < 4.78 is 0. The van der Waals surface area contributed by atoms with Gasteiger partial charge in [-0.3, -0.25) is 4.79 Å². The van der Waals surface area contributed by atoms with E-state index in [1.54, 1.807) is 6.92 Å². The number of rotatable bonds is 5. The Morgan fingerprint density at radius 3 is 2.64 bits per heavy atom. The number of tetrazole rings is 1. The first-order valence-electron chi connectivity index (χ1n) is 8.62. The van der Waals surface area contributed by atoms with Crippen molar-refractivity contribution in [1.82, 2.24) is 25.9 Å². The maximum Gasteiger partial charge on any atom is 0.255 e. The summed E-state index contributed by atoms with van der Waals surface area (Å²) in [6.07, 6.45) is 0. The van der Waals surface area contributed by atoms with Gasteiger partial charge >= 0.3 is 0 Å². The van der Waals surface area contributed by atoms with Crippen molar-refractivity contribution in [2.24, 2.45) is 0 Å². The highest BCUT2D eigenvalue weighted by Gasteiger charge is 2.23. The molecule has 0 aliphatic carbocycles. The Morgan fingerprint density at radius 2 is 2.00 bits per heavy atom. The van der Waals surface area contributed by atoms with Crippen molar-refractivity contribution < 1.29 is 15.0 Å². The van der Waals surface area contributed by atoms with E-state index in [4.69, 9.17) is 0 Å². The molecule has 0 saturated heterocycles. The number of allylic oxidation sites excluding steroid dienone is 1. The van der Waals surface area contributed by atoms with Gasteiger partial charge in [0.25, 0.3) is 5.91 Å². The second kappa shape index (κ2) is 7.51. The molecule has 2 aromatic carbocycles. The highest BCUT2D eigenvalue weighted by atomic mass is 16.3. The van der Waals surface area contributed by atoms with E-state index in [0.29, 0.717) is 17.0 Å². The maximum absolute atomic E-state index is 12.7. The Balaban J connectivity index is 2.09.